The Morgan fingerprint density at radius 2 is 2.33 bits per heavy atom. The molecule has 2 N–H and O–H groups in total. The number of aryl methyl sites for hydroxylation is 1. The number of hydrogen-bond acceptors (Lipinski definition) is 4. The molecule has 0 saturated carbocycles. The van der Waals surface area contributed by atoms with E-state index in [-0.39, 0.29) is 0 Å². The highest BCUT2D eigenvalue weighted by Crippen LogP contribution is 2.14. The zero-order valence-electron chi connectivity index (χ0n) is 10.4. The third kappa shape index (κ3) is 3.80. The van der Waals surface area contributed by atoms with Gasteiger partial charge >= 0.3 is 0 Å². The van der Waals surface area contributed by atoms with E-state index >= 15 is 0 Å². The minimum Gasteiger partial charge on any atom is -0.344 e. The van der Waals surface area contributed by atoms with Crippen LogP contribution in [0.5, 0.6) is 0 Å². The maximum Gasteiger partial charge on any atom is 0.151 e. The highest BCUT2D eigenvalue weighted by molar-refractivity contribution is 7.07. The molecule has 6 heteroatoms. The summed E-state index contributed by atoms with van der Waals surface area (Å²) in [7, 11) is 0. The average molecular weight is 285 g/mol. The quantitative estimate of drug-likeness (QED) is 0.821. The largest absolute Gasteiger partial charge is 0.344 e. The molecule has 0 aromatic carbocycles. The lowest BCUT2D eigenvalue weighted by atomic mass is 10.2. The van der Waals surface area contributed by atoms with E-state index in [2.05, 4.69) is 27.2 Å². The topological polar surface area (TPSA) is 53.6 Å². The van der Waals surface area contributed by atoms with Gasteiger partial charge in [-0.2, -0.15) is 0 Å². The fourth-order valence-electron chi connectivity index (χ4n) is 1.66. The first-order chi connectivity index (χ1) is 8.79. The second kappa shape index (κ2) is 6.87. The number of H-pyrrole nitrogens is 1. The van der Waals surface area contributed by atoms with E-state index in [0.29, 0.717) is 11.7 Å². The van der Waals surface area contributed by atoms with Crippen LogP contribution in [0.4, 0.5) is 0 Å². The van der Waals surface area contributed by atoms with Gasteiger partial charge in [0.05, 0.1) is 16.9 Å². The molecular weight excluding hydrogens is 268 g/mol. The van der Waals surface area contributed by atoms with Gasteiger partial charge in [0.2, 0.25) is 0 Å². The van der Waals surface area contributed by atoms with Gasteiger partial charge in [0, 0.05) is 24.9 Å². The minimum atomic E-state index is 0.576. The van der Waals surface area contributed by atoms with E-state index in [1.165, 1.54) is 0 Å². The Bertz CT molecular complexity index is 466. The van der Waals surface area contributed by atoms with Crippen molar-refractivity contribution in [1.29, 1.82) is 0 Å². The number of thiazole rings is 1. The molecule has 0 saturated heterocycles. The first-order valence-corrected chi connectivity index (χ1v) is 7.42. The number of aromatic amines is 1. The summed E-state index contributed by atoms with van der Waals surface area (Å²) in [4.78, 5) is 11.8. The molecule has 2 heterocycles. The van der Waals surface area contributed by atoms with E-state index in [1.807, 2.05) is 10.9 Å². The normalized spacial score (nSPS) is 11.0. The zero-order chi connectivity index (χ0) is 12.8. The molecule has 0 atom stereocenters. The zero-order valence-corrected chi connectivity index (χ0v) is 11.9. The van der Waals surface area contributed by atoms with Crippen LogP contribution in [0.2, 0.25) is 5.15 Å². The second-order valence-electron chi connectivity index (χ2n) is 4.14. The van der Waals surface area contributed by atoms with Gasteiger partial charge in [-0.05, 0) is 6.42 Å². The van der Waals surface area contributed by atoms with E-state index in [9.17, 15) is 0 Å². The molecule has 2 aromatic rings. The number of nitrogens with zero attached hydrogens (tertiary/aromatic N) is 2. The second-order valence-corrected chi connectivity index (χ2v) is 5.22. The van der Waals surface area contributed by atoms with Crippen LogP contribution in [0.15, 0.2) is 10.9 Å². The molecule has 0 aliphatic carbocycles. The molecule has 0 spiro atoms. The number of rotatable bonds is 7. The Morgan fingerprint density at radius 3 is 3.06 bits per heavy atom. The fraction of sp³-hybridized carbons (Fsp3) is 0.500. The Labute approximate surface area is 116 Å². The van der Waals surface area contributed by atoms with Crippen molar-refractivity contribution in [3.05, 3.63) is 33.3 Å². The Balaban J connectivity index is 1.83. The van der Waals surface area contributed by atoms with Crippen molar-refractivity contribution in [2.24, 2.45) is 0 Å². The van der Waals surface area contributed by atoms with Crippen LogP contribution in [-0.2, 0) is 19.5 Å². The lowest BCUT2D eigenvalue weighted by Crippen LogP contribution is -2.13. The number of nitrogens with one attached hydrogen (secondary N) is 2. The third-order valence-electron chi connectivity index (χ3n) is 2.64. The fourth-order valence-corrected chi connectivity index (χ4v) is 2.43. The van der Waals surface area contributed by atoms with Gasteiger partial charge in [-0.3, -0.25) is 0 Å². The van der Waals surface area contributed by atoms with Gasteiger partial charge in [0.25, 0.3) is 0 Å². The molecule has 0 aliphatic heterocycles. The molecule has 0 fully saturated rings. The monoisotopic (exact) mass is 284 g/mol. The molecule has 0 radical (unpaired) electrons. The summed E-state index contributed by atoms with van der Waals surface area (Å²) < 4.78 is 0. The summed E-state index contributed by atoms with van der Waals surface area (Å²) in [5.74, 6) is 0.979. The van der Waals surface area contributed by atoms with Gasteiger partial charge in [0.1, 0.15) is 5.82 Å². The minimum absolute atomic E-state index is 0.576. The van der Waals surface area contributed by atoms with Crippen LogP contribution in [0.3, 0.4) is 0 Å². The van der Waals surface area contributed by atoms with Crippen LogP contribution in [-0.4, -0.2) is 15.0 Å². The molecule has 2 aromatic heterocycles. The summed E-state index contributed by atoms with van der Waals surface area (Å²) in [5.41, 5.74) is 3.85. The van der Waals surface area contributed by atoms with E-state index in [4.69, 9.17) is 11.6 Å². The van der Waals surface area contributed by atoms with Gasteiger partial charge in [-0.1, -0.05) is 24.9 Å². The van der Waals surface area contributed by atoms with E-state index < -0.39 is 0 Å². The van der Waals surface area contributed by atoms with Crippen molar-refractivity contribution in [3.8, 4) is 0 Å². The molecule has 0 amide bonds. The van der Waals surface area contributed by atoms with Gasteiger partial charge in [0.15, 0.2) is 5.15 Å². The summed E-state index contributed by atoms with van der Waals surface area (Å²) in [6.45, 7) is 3.61. The SMILES string of the molecule is CCCCc1nc(Cl)c(CNCc2cscn2)[nH]1. The molecular formula is C12H17ClN4S. The molecule has 0 bridgehead atoms. The van der Waals surface area contributed by atoms with Gasteiger partial charge in [-0.15, -0.1) is 11.3 Å². The highest BCUT2D eigenvalue weighted by atomic mass is 35.5. The Hall–Kier alpha value is -0.910. The van der Waals surface area contributed by atoms with E-state index in [0.717, 1.165) is 43.0 Å². The summed E-state index contributed by atoms with van der Waals surface area (Å²) >= 11 is 7.69. The van der Waals surface area contributed by atoms with Crippen molar-refractivity contribution in [2.75, 3.05) is 0 Å². The smallest absolute Gasteiger partial charge is 0.151 e. The Kier molecular flexibility index (Phi) is 5.16. The van der Waals surface area contributed by atoms with E-state index in [1.54, 1.807) is 11.3 Å². The Morgan fingerprint density at radius 1 is 1.44 bits per heavy atom. The maximum atomic E-state index is 6.09. The standard InChI is InChI=1S/C12H17ClN4S/c1-2-3-4-11-16-10(12(13)17-11)6-14-5-9-7-18-8-15-9/h7-8,14H,2-6H2,1H3,(H,16,17). The number of aromatic nitrogens is 3. The van der Waals surface area contributed by atoms with Crippen molar-refractivity contribution in [3.63, 3.8) is 0 Å². The van der Waals surface area contributed by atoms with Crippen LogP contribution in [0, 0.1) is 0 Å². The predicted octanol–water partition coefficient (Wildman–Crippen LogP) is 3.15. The van der Waals surface area contributed by atoms with Crippen LogP contribution in [0.1, 0.15) is 37.0 Å². The number of unbranched alkanes of at least 4 members (excludes halogenated alkanes) is 1. The first kappa shape index (κ1) is 13.5. The summed E-state index contributed by atoms with van der Waals surface area (Å²) in [6.07, 6.45) is 3.26. The highest BCUT2D eigenvalue weighted by Gasteiger charge is 2.07. The lowest BCUT2D eigenvalue weighted by molar-refractivity contribution is 0.669. The molecule has 18 heavy (non-hydrogen) atoms. The van der Waals surface area contributed by atoms with Gasteiger partial charge in [-0.25, -0.2) is 9.97 Å². The number of halogens is 1. The maximum absolute atomic E-state index is 6.09. The van der Waals surface area contributed by atoms with Crippen LogP contribution in [0.25, 0.3) is 0 Å². The van der Waals surface area contributed by atoms with Crippen LogP contribution >= 0.6 is 22.9 Å². The molecule has 4 nitrogen and oxygen atoms in total. The number of hydrogen-bond donors (Lipinski definition) is 2. The van der Waals surface area contributed by atoms with Crippen LogP contribution < -0.4 is 5.32 Å². The molecule has 0 unspecified atom stereocenters. The average Bonchev–Trinajstić information content (AvgIpc) is 2.98. The third-order valence-corrected chi connectivity index (χ3v) is 3.58. The first-order valence-electron chi connectivity index (χ1n) is 6.10. The molecule has 0 aliphatic rings. The summed E-state index contributed by atoms with van der Waals surface area (Å²) in [5, 5.41) is 5.91. The lowest BCUT2D eigenvalue weighted by Gasteiger charge is -2.00. The predicted molar refractivity (Wildman–Crippen MR) is 74.9 cm³/mol. The van der Waals surface area contributed by atoms with Crippen molar-refractivity contribution in [1.82, 2.24) is 20.3 Å². The molecule has 98 valence electrons. The van der Waals surface area contributed by atoms with Crippen molar-refractivity contribution >= 4 is 22.9 Å². The van der Waals surface area contributed by atoms with Crippen molar-refractivity contribution in [2.45, 2.75) is 39.3 Å². The number of imidazole rings is 1. The van der Waals surface area contributed by atoms with Gasteiger partial charge < -0.3 is 10.3 Å². The van der Waals surface area contributed by atoms with Crippen molar-refractivity contribution < 1.29 is 0 Å². The molecule has 2 rings (SSSR count). The summed E-state index contributed by atoms with van der Waals surface area (Å²) in [6, 6.07) is 0.